The van der Waals surface area contributed by atoms with Crippen molar-refractivity contribution in [3.05, 3.63) is 77.8 Å². The van der Waals surface area contributed by atoms with Crippen LogP contribution in [0.2, 0.25) is 5.02 Å². The topological polar surface area (TPSA) is 259 Å². The Labute approximate surface area is 386 Å². The fourth-order valence-electron chi connectivity index (χ4n) is 8.22. The molecule has 20 nitrogen and oxygen atoms in total. The number of methoxy groups -OCH3 is 1. The summed E-state index contributed by atoms with van der Waals surface area (Å²) in [5.74, 6) is -3.80. The van der Waals surface area contributed by atoms with Crippen LogP contribution >= 0.6 is 34.7 Å². The minimum absolute atomic E-state index is 0.00876. The lowest BCUT2D eigenvalue weighted by Gasteiger charge is -2.55. The van der Waals surface area contributed by atoms with E-state index in [0.29, 0.717) is 25.0 Å². The Bertz CT molecular complexity index is 2410. The summed E-state index contributed by atoms with van der Waals surface area (Å²) in [5, 5.41) is 21.1. The predicted molar refractivity (Wildman–Crippen MR) is 240 cm³/mol. The molecule has 3 aromatic rings. The average molecular weight is 963 g/mol. The number of hydrogen-bond donors (Lipinski definition) is 5. The molecule has 24 heteroatoms. The Kier molecular flexibility index (Phi) is 15.4. The summed E-state index contributed by atoms with van der Waals surface area (Å²) < 4.78 is 28.1. The number of amides is 4. The Balaban J connectivity index is 0.987. The number of pyridine rings is 1. The van der Waals surface area contributed by atoms with E-state index in [-0.39, 0.29) is 88.5 Å². The second kappa shape index (κ2) is 20.8. The van der Waals surface area contributed by atoms with E-state index in [1.165, 1.54) is 29.7 Å². The summed E-state index contributed by atoms with van der Waals surface area (Å²) in [6.45, 7) is 2.57. The van der Waals surface area contributed by atoms with Crippen molar-refractivity contribution in [3.63, 3.8) is 0 Å². The Morgan fingerprint density at radius 2 is 1.94 bits per heavy atom. The molecule has 3 fully saturated rings. The fourth-order valence-corrected chi connectivity index (χ4v) is 10.8. The second-order valence-corrected chi connectivity index (χ2v) is 18.6. The lowest BCUT2D eigenvalue weighted by molar-refractivity contribution is -0.198. The van der Waals surface area contributed by atoms with Gasteiger partial charge in [0.15, 0.2) is 0 Å². The zero-order chi connectivity index (χ0) is 46.6. The first-order valence-corrected chi connectivity index (χ1v) is 23.5. The van der Waals surface area contributed by atoms with Gasteiger partial charge in [0, 0.05) is 74.3 Å². The quantitative estimate of drug-likeness (QED) is 0.0501. The van der Waals surface area contributed by atoms with Crippen LogP contribution in [0.5, 0.6) is 0 Å². The van der Waals surface area contributed by atoms with Crippen LogP contribution in [-0.2, 0) is 35.1 Å². The molecule has 0 bridgehead atoms. The summed E-state index contributed by atoms with van der Waals surface area (Å²) in [5.41, 5.74) is 11.2. The van der Waals surface area contributed by atoms with Crippen LogP contribution in [0.1, 0.15) is 73.1 Å². The van der Waals surface area contributed by atoms with Crippen LogP contribution < -0.4 is 38.0 Å². The molecule has 0 radical (unpaired) electrons. The van der Waals surface area contributed by atoms with E-state index < -0.39 is 58.7 Å². The first-order valence-electron chi connectivity index (χ1n) is 21.2. The van der Waals surface area contributed by atoms with E-state index in [4.69, 9.17) is 37.4 Å². The van der Waals surface area contributed by atoms with Crippen molar-refractivity contribution in [3.8, 4) is 0 Å². The molecule has 1 aliphatic carbocycles. The number of primary amides is 1. The zero-order valence-corrected chi connectivity index (χ0v) is 38.2. The van der Waals surface area contributed by atoms with Crippen LogP contribution in [-0.4, -0.2) is 119 Å². The number of ether oxygens (including phenoxy) is 2. The number of hydrazine groups is 2. The maximum atomic E-state index is 15.8. The highest BCUT2D eigenvalue weighted by molar-refractivity contribution is 8.00. The van der Waals surface area contributed by atoms with Crippen LogP contribution in [0.25, 0.3) is 10.9 Å². The summed E-state index contributed by atoms with van der Waals surface area (Å²) in [6.07, 6.45) is 5.14. The number of thiophene rings is 1. The van der Waals surface area contributed by atoms with Crippen LogP contribution in [0.4, 0.5) is 14.9 Å². The third kappa shape index (κ3) is 10.3. The molecule has 2 saturated heterocycles. The number of halogens is 2. The van der Waals surface area contributed by atoms with Gasteiger partial charge < -0.3 is 51.1 Å². The van der Waals surface area contributed by atoms with Crippen molar-refractivity contribution in [1.82, 2.24) is 36.0 Å². The van der Waals surface area contributed by atoms with Crippen molar-refractivity contribution in [1.29, 1.82) is 0 Å². The van der Waals surface area contributed by atoms with Gasteiger partial charge in [-0.05, 0) is 56.0 Å². The minimum atomic E-state index is -1.83. The summed E-state index contributed by atoms with van der Waals surface area (Å²) in [7, 11) is 1.25. The maximum Gasteiger partial charge on any atom is 0.404 e. The lowest BCUT2D eigenvalue weighted by Crippen LogP contribution is -2.80. The maximum absolute atomic E-state index is 15.8. The summed E-state index contributed by atoms with van der Waals surface area (Å²) in [4.78, 5) is 88.1. The highest BCUT2D eigenvalue weighted by Gasteiger charge is 2.67. The number of carbonyl (C=O) groups excluding carboxylic acids is 5. The monoisotopic (exact) mass is 961 g/mol. The van der Waals surface area contributed by atoms with E-state index >= 15 is 4.39 Å². The third-order valence-corrected chi connectivity index (χ3v) is 14.1. The lowest BCUT2D eigenvalue weighted by atomic mass is 9.98. The number of anilines is 1. The van der Waals surface area contributed by atoms with Crippen molar-refractivity contribution >= 4 is 81.1 Å². The van der Waals surface area contributed by atoms with Gasteiger partial charge >= 0.3 is 12.1 Å². The minimum Gasteiger partial charge on any atom is -0.755 e. The normalized spacial score (nSPS) is 21.0. The Hall–Kier alpha value is -4.85. The molecular weight excluding hydrogens is 911 g/mol. The fraction of sp³-hybridized carbons (Fsp3) is 0.512. The van der Waals surface area contributed by atoms with E-state index in [1.54, 1.807) is 16.7 Å². The first kappa shape index (κ1) is 48.1. The number of β-lactam (4-membered cyclic amide) rings is 1. The van der Waals surface area contributed by atoms with Crippen molar-refractivity contribution in [2.45, 2.75) is 81.5 Å². The van der Waals surface area contributed by atoms with Gasteiger partial charge in [0.25, 0.3) is 17.5 Å². The number of thioether (sulfide) groups is 1. The first-order chi connectivity index (χ1) is 31.2. The van der Waals surface area contributed by atoms with Gasteiger partial charge in [-0.15, -0.1) is 23.1 Å². The number of nitrogens with two attached hydrogens (primary N) is 2. The van der Waals surface area contributed by atoms with Crippen molar-refractivity contribution in [2.75, 3.05) is 57.1 Å². The molecule has 2 aromatic heterocycles. The predicted octanol–water partition coefficient (Wildman–Crippen LogP) is 2.98. The van der Waals surface area contributed by atoms with Crippen molar-refractivity contribution < 1.29 is 42.7 Å². The zero-order valence-electron chi connectivity index (χ0n) is 35.8. The van der Waals surface area contributed by atoms with E-state index in [2.05, 4.69) is 10.6 Å². The number of nitrogens with one attached hydrogen (secondary N) is 3. The van der Waals surface area contributed by atoms with E-state index in [1.807, 2.05) is 22.8 Å². The van der Waals surface area contributed by atoms with Gasteiger partial charge in [-0.3, -0.25) is 24.1 Å². The molecule has 7 N–H and O–H groups in total. The standard InChI is InChI=1S/C41H51ClFN10O10S2/c1-3-13-50(15-7-12-46-36(56)28-20-51(25-10-11-25)33-27(35(28)55)18-29(43)34(31(33)42)49-14-5-4-8-24(44)19-49)53(60)48-63-37(57)32-23(21-62-40(45)59)22-65-39-41(61-2,38(58)52(32)39)47-30(54)17-26-9-6-16-64-26/h6,9,16,18,20,24-25,39,48H,3-5,7-8,10-15,17,19,21-22,44H2,1-2H3,(H2,45,59)(H,46,56)(H,47,54)/q-1/t24-,39-,41+/m1/s1. The largest absolute Gasteiger partial charge is 0.755 e. The van der Waals surface area contributed by atoms with Gasteiger partial charge in [0.2, 0.25) is 11.3 Å². The molecule has 1 saturated carbocycles. The molecule has 7 rings (SSSR count). The van der Waals surface area contributed by atoms with E-state index in [0.717, 1.165) is 59.7 Å². The number of carbonyl (C=O) groups is 5. The summed E-state index contributed by atoms with van der Waals surface area (Å²) in [6, 6.07) is 4.53. The molecule has 3 atom stereocenters. The number of rotatable bonds is 19. The van der Waals surface area contributed by atoms with Gasteiger partial charge in [-0.25, -0.2) is 24.3 Å². The molecule has 1 aromatic carbocycles. The van der Waals surface area contributed by atoms with Crippen LogP contribution in [0.15, 0.2) is 45.8 Å². The SMILES string of the molecule is CCCN(CCCNC(=O)c1cn(C2CC2)c2c(Cl)c(N3CCCC[C@@H](N)C3)c(F)cc2c1=O)N([O-])NOC(=O)C1=C(COC(N)=O)CS[C@H]2N1C(=O)[C@]2(NC(=O)Cc1cccs1)OC. The molecule has 0 spiro atoms. The summed E-state index contributed by atoms with van der Waals surface area (Å²) >= 11 is 9.42. The molecule has 5 heterocycles. The molecule has 65 heavy (non-hydrogen) atoms. The third-order valence-electron chi connectivity index (χ3n) is 11.5. The van der Waals surface area contributed by atoms with Crippen molar-refractivity contribution in [2.24, 2.45) is 11.5 Å². The van der Waals surface area contributed by atoms with Crippen LogP contribution in [0.3, 0.4) is 0 Å². The molecule has 4 aliphatic rings. The smallest absolute Gasteiger partial charge is 0.404 e. The number of fused-ring (bicyclic) bond motifs is 2. The number of benzene rings is 1. The van der Waals surface area contributed by atoms with Gasteiger partial charge in [-0.2, -0.15) is 0 Å². The van der Waals surface area contributed by atoms with Gasteiger partial charge in [0.1, 0.15) is 29.1 Å². The second-order valence-electron chi connectivity index (χ2n) is 16.1. The highest BCUT2D eigenvalue weighted by Crippen LogP contribution is 2.47. The van der Waals surface area contributed by atoms with Gasteiger partial charge in [0.05, 0.1) is 28.0 Å². The van der Waals surface area contributed by atoms with Crippen LogP contribution in [0, 0.1) is 11.0 Å². The Morgan fingerprint density at radius 3 is 2.63 bits per heavy atom. The average Bonchev–Trinajstić information content (AvgIpc) is 4.04. The Morgan fingerprint density at radius 1 is 1.15 bits per heavy atom. The molecule has 0 unspecified atom stereocenters. The molecular formula is C41H51ClFN10O10S2-. The number of hydrogen-bond acceptors (Lipinski definition) is 17. The molecule has 3 aliphatic heterocycles. The number of aromatic nitrogens is 1. The number of nitrogens with zero attached hydrogens (tertiary/aromatic N) is 5. The highest BCUT2D eigenvalue weighted by atomic mass is 35.5. The molecule has 352 valence electrons. The van der Waals surface area contributed by atoms with Gasteiger partial charge in [-0.1, -0.05) is 36.6 Å². The van der Waals surface area contributed by atoms with E-state index in [9.17, 15) is 34.0 Å². The molecule has 4 amide bonds.